The number of nitrogens with zero attached hydrogens (tertiary/aromatic N) is 2. The molecule has 4 rings (SSSR count). The molecule has 0 aliphatic carbocycles. The van der Waals surface area contributed by atoms with E-state index in [1.807, 2.05) is 31.2 Å². The van der Waals surface area contributed by atoms with Crippen LogP contribution in [0, 0.1) is 13.8 Å². The molecule has 0 saturated heterocycles. The summed E-state index contributed by atoms with van der Waals surface area (Å²) in [5.74, 6) is 1.32. The van der Waals surface area contributed by atoms with Gasteiger partial charge in [0.2, 0.25) is 0 Å². The number of oxazole rings is 1. The standard InChI is InChI=1S/C19H18N2O3S/c1-13-19(20-14(2)24-13)16-7-9-17(10-8-16)25(22,23)21-12-11-15-5-3-4-6-18(15)21/h3-10H,11-12H2,1-2H3. The SMILES string of the molecule is Cc1nc(-c2ccc(S(=O)(=O)N3CCc4ccccc43)cc2)c(C)o1. The fraction of sp³-hybridized carbons (Fsp3) is 0.211. The Labute approximate surface area is 147 Å². The molecule has 2 heterocycles. The Kier molecular flexibility index (Phi) is 3.65. The van der Waals surface area contributed by atoms with E-state index in [1.165, 1.54) is 4.31 Å². The van der Waals surface area contributed by atoms with Gasteiger partial charge in [0, 0.05) is 19.0 Å². The Morgan fingerprint density at radius 3 is 2.44 bits per heavy atom. The molecule has 0 unspecified atom stereocenters. The Balaban J connectivity index is 1.69. The molecule has 1 aliphatic heterocycles. The molecule has 1 aromatic heterocycles. The average Bonchev–Trinajstić information content (AvgIpc) is 3.18. The number of hydrogen-bond acceptors (Lipinski definition) is 4. The van der Waals surface area contributed by atoms with Gasteiger partial charge in [-0.25, -0.2) is 13.4 Å². The number of hydrogen-bond donors (Lipinski definition) is 0. The summed E-state index contributed by atoms with van der Waals surface area (Å²) in [6, 6.07) is 14.5. The van der Waals surface area contributed by atoms with E-state index in [4.69, 9.17) is 4.42 Å². The number of anilines is 1. The summed E-state index contributed by atoms with van der Waals surface area (Å²) >= 11 is 0. The summed E-state index contributed by atoms with van der Waals surface area (Å²) in [7, 11) is -3.57. The van der Waals surface area contributed by atoms with E-state index in [9.17, 15) is 8.42 Å². The number of sulfonamides is 1. The molecule has 3 aromatic rings. The molecule has 0 spiro atoms. The fourth-order valence-corrected chi connectivity index (χ4v) is 4.77. The van der Waals surface area contributed by atoms with Crippen molar-refractivity contribution in [3.63, 3.8) is 0 Å². The third-order valence-electron chi connectivity index (χ3n) is 4.46. The van der Waals surface area contributed by atoms with Gasteiger partial charge < -0.3 is 4.42 Å². The molecule has 0 radical (unpaired) electrons. The molecule has 0 bridgehead atoms. The Morgan fingerprint density at radius 2 is 1.76 bits per heavy atom. The number of aromatic nitrogens is 1. The maximum absolute atomic E-state index is 13.0. The zero-order valence-corrected chi connectivity index (χ0v) is 14.9. The van der Waals surface area contributed by atoms with E-state index in [2.05, 4.69) is 4.98 Å². The predicted molar refractivity (Wildman–Crippen MR) is 96.1 cm³/mol. The van der Waals surface area contributed by atoms with Gasteiger partial charge in [0.05, 0.1) is 10.6 Å². The molecule has 0 N–H and O–H groups in total. The van der Waals surface area contributed by atoms with Crippen LogP contribution in [-0.4, -0.2) is 19.9 Å². The van der Waals surface area contributed by atoms with Gasteiger partial charge in [-0.1, -0.05) is 30.3 Å². The van der Waals surface area contributed by atoms with Crippen LogP contribution in [0.4, 0.5) is 5.69 Å². The third kappa shape index (κ3) is 2.62. The molecule has 128 valence electrons. The van der Waals surface area contributed by atoms with Crippen LogP contribution >= 0.6 is 0 Å². The molecule has 1 aliphatic rings. The third-order valence-corrected chi connectivity index (χ3v) is 6.29. The minimum Gasteiger partial charge on any atom is -0.446 e. The molecule has 0 atom stereocenters. The first-order valence-corrected chi connectivity index (χ1v) is 9.56. The summed E-state index contributed by atoms with van der Waals surface area (Å²) in [5.41, 5.74) is 3.43. The minimum absolute atomic E-state index is 0.283. The second-order valence-electron chi connectivity index (χ2n) is 6.12. The largest absolute Gasteiger partial charge is 0.446 e. The molecule has 0 fully saturated rings. The van der Waals surface area contributed by atoms with E-state index < -0.39 is 10.0 Å². The lowest BCUT2D eigenvalue weighted by Crippen LogP contribution is -2.29. The zero-order chi connectivity index (χ0) is 17.6. The van der Waals surface area contributed by atoms with Crippen LogP contribution in [0.1, 0.15) is 17.2 Å². The van der Waals surface area contributed by atoms with E-state index in [0.717, 1.165) is 34.7 Å². The van der Waals surface area contributed by atoms with E-state index in [1.54, 1.807) is 31.2 Å². The lowest BCUT2D eigenvalue weighted by Gasteiger charge is -2.19. The summed E-state index contributed by atoms with van der Waals surface area (Å²) in [5, 5.41) is 0. The summed E-state index contributed by atoms with van der Waals surface area (Å²) in [6.45, 7) is 4.12. The Hall–Kier alpha value is -2.60. The van der Waals surface area contributed by atoms with Crippen molar-refractivity contribution in [3.05, 3.63) is 65.7 Å². The second-order valence-corrected chi connectivity index (χ2v) is 7.98. The summed E-state index contributed by atoms with van der Waals surface area (Å²) < 4.78 is 33.0. The van der Waals surface area contributed by atoms with Gasteiger partial charge in [-0.2, -0.15) is 0 Å². The van der Waals surface area contributed by atoms with Gasteiger partial charge in [-0.15, -0.1) is 0 Å². The maximum atomic E-state index is 13.0. The number of para-hydroxylation sites is 1. The fourth-order valence-electron chi connectivity index (χ4n) is 3.27. The first-order valence-electron chi connectivity index (χ1n) is 8.12. The highest BCUT2D eigenvalue weighted by atomic mass is 32.2. The molecule has 2 aromatic carbocycles. The van der Waals surface area contributed by atoms with E-state index in [-0.39, 0.29) is 4.90 Å². The monoisotopic (exact) mass is 354 g/mol. The number of benzene rings is 2. The number of aryl methyl sites for hydroxylation is 2. The molecule has 0 amide bonds. The Bertz CT molecular complexity index is 1040. The van der Waals surface area contributed by atoms with Crippen molar-refractivity contribution in [1.82, 2.24) is 4.98 Å². The highest BCUT2D eigenvalue weighted by molar-refractivity contribution is 7.92. The molecular formula is C19H18N2O3S. The summed E-state index contributed by atoms with van der Waals surface area (Å²) in [4.78, 5) is 4.64. The predicted octanol–water partition coefficient (Wildman–Crippen LogP) is 3.71. The van der Waals surface area contributed by atoms with Crippen LogP contribution in [0.15, 0.2) is 57.8 Å². The van der Waals surface area contributed by atoms with Crippen molar-refractivity contribution < 1.29 is 12.8 Å². The van der Waals surface area contributed by atoms with E-state index >= 15 is 0 Å². The topological polar surface area (TPSA) is 63.4 Å². The lowest BCUT2D eigenvalue weighted by atomic mass is 10.1. The number of rotatable bonds is 3. The van der Waals surface area contributed by atoms with Crippen LogP contribution in [0.2, 0.25) is 0 Å². The first kappa shape index (κ1) is 15.9. The van der Waals surface area contributed by atoms with Gasteiger partial charge in [0.15, 0.2) is 5.89 Å². The van der Waals surface area contributed by atoms with Crippen LogP contribution in [0.25, 0.3) is 11.3 Å². The summed E-state index contributed by atoms with van der Waals surface area (Å²) in [6.07, 6.45) is 0.741. The molecule has 5 nitrogen and oxygen atoms in total. The first-order chi connectivity index (χ1) is 12.0. The van der Waals surface area contributed by atoms with Crippen molar-refractivity contribution in [2.45, 2.75) is 25.2 Å². The van der Waals surface area contributed by atoms with Crippen molar-refractivity contribution in [1.29, 1.82) is 0 Å². The normalized spacial score (nSPS) is 13.9. The van der Waals surface area contributed by atoms with Gasteiger partial charge >= 0.3 is 0 Å². The van der Waals surface area contributed by atoms with Crippen molar-refractivity contribution in [2.24, 2.45) is 0 Å². The van der Waals surface area contributed by atoms with Crippen molar-refractivity contribution >= 4 is 15.7 Å². The highest BCUT2D eigenvalue weighted by Gasteiger charge is 2.30. The minimum atomic E-state index is -3.57. The molecular weight excluding hydrogens is 336 g/mol. The average molecular weight is 354 g/mol. The smallest absolute Gasteiger partial charge is 0.264 e. The maximum Gasteiger partial charge on any atom is 0.264 e. The highest BCUT2D eigenvalue weighted by Crippen LogP contribution is 2.33. The van der Waals surface area contributed by atoms with Crippen molar-refractivity contribution in [2.75, 3.05) is 10.8 Å². The van der Waals surface area contributed by atoms with Crippen LogP contribution < -0.4 is 4.31 Å². The molecule has 0 saturated carbocycles. The van der Waals surface area contributed by atoms with Crippen LogP contribution in [-0.2, 0) is 16.4 Å². The van der Waals surface area contributed by atoms with Crippen LogP contribution in [0.5, 0.6) is 0 Å². The van der Waals surface area contributed by atoms with Gasteiger partial charge in [-0.05, 0) is 37.1 Å². The van der Waals surface area contributed by atoms with Gasteiger partial charge in [0.1, 0.15) is 11.5 Å². The Morgan fingerprint density at radius 1 is 1.04 bits per heavy atom. The van der Waals surface area contributed by atoms with Crippen molar-refractivity contribution in [3.8, 4) is 11.3 Å². The second kappa shape index (κ2) is 5.74. The molecule has 25 heavy (non-hydrogen) atoms. The lowest BCUT2D eigenvalue weighted by molar-refractivity contribution is 0.495. The zero-order valence-electron chi connectivity index (χ0n) is 14.1. The van der Waals surface area contributed by atoms with Crippen LogP contribution in [0.3, 0.4) is 0 Å². The quantitative estimate of drug-likeness (QED) is 0.719. The number of fused-ring (bicyclic) bond motifs is 1. The van der Waals surface area contributed by atoms with Gasteiger partial charge in [0.25, 0.3) is 10.0 Å². The van der Waals surface area contributed by atoms with Gasteiger partial charge in [-0.3, -0.25) is 4.31 Å². The molecule has 6 heteroatoms. The van der Waals surface area contributed by atoms with E-state index in [0.29, 0.717) is 12.4 Å².